The Morgan fingerprint density at radius 2 is 1.84 bits per heavy atom. The predicted octanol–water partition coefficient (Wildman–Crippen LogP) is 5.74. The van der Waals surface area contributed by atoms with Gasteiger partial charge in [0.2, 0.25) is 0 Å². The Morgan fingerprint density at radius 1 is 1.10 bits per heavy atom. The van der Waals surface area contributed by atoms with Gasteiger partial charge in [-0.2, -0.15) is 0 Å². The molecule has 0 atom stereocenters. The van der Waals surface area contributed by atoms with Gasteiger partial charge in [-0.25, -0.2) is 0 Å². The number of benzene rings is 3. The molecule has 31 heavy (non-hydrogen) atoms. The van der Waals surface area contributed by atoms with Gasteiger partial charge in [0, 0.05) is 41.7 Å². The van der Waals surface area contributed by atoms with Gasteiger partial charge in [0.25, 0.3) is 0 Å². The topological polar surface area (TPSA) is 46.6 Å². The number of carbonyl (C=O) groups excluding carboxylic acids is 2. The molecule has 0 saturated heterocycles. The predicted molar refractivity (Wildman–Crippen MR) is 128 cm³/mol. The van der Waals surface area contributed by atoms with Gasteiger partial charge in [-0.1, -0.05) is 30.3 Å². The highest BCUT2D eigenvalue weighted by Crippen LogP contribution is 2.36. The van der Waals surface area contributed by atoms with Crippen molar-refractivity contribution in [2.45, 2.75) is 26.2 Å². The van der Waals surface area contributed by atoms with Crippen LogP contribution in [0.5, 0.6) is 5.75 Å². The molecule has 0 spiro atoms. The highest BCUT2D eigenvalue weighted by molar-refractivity contribution is 6.05. The molecule has 1 saturated carbocycles. The van der Waals surface area contributed by atoms with Crippen LogP contribution in [0.3, 0.4) is 0 Å². The van der Waals surface area contributed by atoms with E-state index in [-0.39, 0.29) is 18.2 Å². The van der Waals surface area contributed by atoms with Crippen LogP contribution in [-0.2, 0) is 6.42 Å². The summed E-state index contributed by atoms with van der Waals surface area (Å²) in [6, 6.07) is 17.2. The van der Waals surface area contributed by atoms with E-state index in [1.165, 1.54) is 12.8 Å². The van der Waals surface area contributed by atoms with E-state index in [0.29, 0.717) is 12.0 Å². The summed E-state index contributed by atoms with van der Waals surface area (Å²) in [5.41, 5.74) is 3.34. The fraction of sp³-hybridized carbons (Fsp3) is 0.308. The van der Waals surface area contributed by atoms with Crippen LogP contribution >= 0.6 is 12.4 Å². The Bertz CT molecular complexity index is 1070. The molecule has 0 unspecified atom stereocenters. The molecule has 0 radical (unpaired) electrons. The highest BCUT2D eigenvalue weighted by atomic mass is 35.5. The second-order valence-corrected chi connectivity index (χ2v) is 8.02. The average Bonchev–Trinajstić information content (AvgIpc) is 3.61. The number of fused-ring (bicyclic) bond motifs is 1. The van der Waals surface area contributed by atoms with Crippen molar-refractivity contribution in [3.63, 3.8) is 0 Å². The van der Waals surface area contributed by atoms with E-state index in [2.05, 4.69) is 17.9 Å². The quantitative estimate of drug-likeness (QED) is 0.316. The SMILES string of the molecule is CCN(CC1CC1)c1cc(C(=O)Cc2ccc(C=O)cc2)cc2ccc(OC)cc12.Cl. The summed E-state index contributed by atoms with van der Waals surface area (Å²) < 4.78 is 5.45. The third kappa shape index (κ3) is 5.26. The first-order valence-electron chi connectivity index (χ1n) is 10.5. The molecule has 4 nitrogen and oxygen atoms in total. The first-order valence-corrected chi connectivity index (χ1v) is 10.5. The molecule has 0 amide bonds. The van der Waals surface area contributed by atoms with Gasteiger partial charge in [0.1, 0.15) is 12.0 Å². The molecule has 3 aromatic rings. The minimum atomic E-state index is 0. The molecule has 0 aromatic heterocycles. The van der Waals surface area contributed by atoms with Crippen molar-refractivity contribution in [1.82, 2.24) is 0 Å². The van der Waals surface area contributed by atoms with Crippen LogP contribution < -0.4 is 9.64 Å². The number of hydrogen-bond donors (Lipinski definition) is 0. The smallest absolute Gasteiger partial charge is 0.167 e. The molecule has 4 rings (SSSR count). The molecular weight excluding hydrogens is 410 g/mol. The summed E-state index contributed by atoms with van der Waals surface area (Å²) in [6.45, 7) is 4.08. The average molecular weight is 438 g/mol. The second kappa shape index (κ2) is 9.97. The van der Waals surface area contributed by atoms with Gasteiger partial charge < -0.3 is 9.64 Å². The van der Waals surface area contributed by atoms with Crippen molar-refractivity contribution < 1.29 is 14.3 Å². The van der Waals surface area contributed by atoms with Gasteiger partial charge in [-0.3, -0.25) is 9.59 Å². The van der Waals surface area contributed by atoms with Crippen LogP contribution in [0.15, 0.2) is 54.6 Å². The van der Waals surface area contributed by atoms with Crippen LogP contribution in [0.25, 0.3) is 10.8 Å². The van der Waals surface area contributed by atoms with Crippen molar-refractivity contribution >= 4 is 40.9 Å². The van der Waals surface area contributed by atoms with Crippen LogP contribution in [-0.4, -0.2) is 32.3 Å². The number of ether oxygens (including phenoxy) is 1. The van der Waals surface area contributed by atoms with Crippen molar-refractivity contribution in [3.8, 4) is 5.75 Å². The normalized spacial score (nSPS) is 12.8. The summed E-state index contributed by atoms with van der Waals surface area (Å²) in [5, 5.41) is 2.16. The maximum absolute atomic E-state index is 13.1. The standard InChI is InChI=1S/C26H27NO3.ClH/c1-3-27(16-19-6-7-19)25-14-22(13-21-10-11-23(30-2)15-24(21)25)26(29)12-18-4-8-20(17-28)9-5-18;/h4-5,8-11,13-15,17,19H,3,6-7,12,16H2,1-2H3;1H. The van der Waals surface area contributed by atoms with Crippen molar-refractivity contribution in [2.24, 2.45) is 5.92 Å². The molecule has 0 heterocycles. The number of rotatable bonds is 9. The number of carbonyl (C=O) groups is 2. The Balaban J connectivity index is 0.00000272. The lowest BCUT2D eigenvalue weighted by Crippen LogP contribution is -2.25. The number of ketones is 1. The van der Waals surface area contributed by atoms with E-state index in [9.17, 15) is 9.59 Å². The van der Waals surface area contributed by atoms with E-state index in [1.54, 1.807) is 19.2 Å². The number of nitrogens with zero attached hydrogens (tertiary/aromatic N) is 1. The van der Waals surface area contributed by atoms with Gasteiger partial charge in [0.05, 0.1) is 7.11 Å². The zero-order chi connectivity index (χ0) is 21.1. The summed E-state index contributed by atoms with van der Waals surface area (Å²) in [6.07, 6.45) is 3.70. The maximum atomic E-state index is 13.1. The number of Topliss-reactive ketones (excluding diaryl/α,β-unsaturated/α-hetero) is 1. The molecule has 3 aromatic carbocycles. The Labute approximate surface area is 189 Å². The highest BCUT2D eigenvalue weighted by Gasteiger charge is 2.25. The van der Waals surface area contributed by atoms with Crippen molar-refractivity contribution in [3.05, 3.63) is 71.3 Å². The molecule has 0 bridgehead atoms. The third-order valence-electron chi connectivity index (χ3n) is 5.84. The van der Waals surface area contributed by atoms with Gasteiger partial charge in [-0.15, -0.1) is 12.4 Å². The van der Waals surface area contributed by atoms with Gasteiger partial charge in [0.15, 0.2) is 5.78 Å². The van der Waals surface area contributed by atoms with Crippen molar-refractivity contribution in [2.75, 3.05) is 25.1 Å². The van der Waals surface area contributed by atoms with Gasteiger partial charge >= 0.3 is 0 Å². The minimum Gasteiger partial charge on any atom is -0.497 e. The molecule has 162 valence electrons. The summed E-state index contributed by atoms with van der Waals surface area (Å²) >= 11 is 0. The zero-order valence-electron chi connectivity index (χ0n) is 18.0. The number of hydrogen-bond acceptors (Lipinski definition) is 4. The van der Waals surface area contributed by atoms with Crippen LogP contribution in [0.2, 0.25) is 0 Å². The van der Waals surface area contributed by atoms with Crippen LogP contribution in [0.4, 0.5) is 5.69 Å². The van der Waals surface area contributed by atoms with E-state index in [4.69, 9.17) is 4.74 Å². The van der Waals surface area contributed by atoms with E-state index >= 15 is 0 Å². The number of methoxy groups -OCH3 is 1. The Kier molecular flexibility index (Phi) is 7.34. The second-order valence-electron chi connectivity index (χ2n) is 8.02. The Hall–Kier alpha value is -2.85. The number of aldehydes is 1. The third-order valence-corrected chi connectivity index (χ3v) is 5.84. The van der Waals surface area contributed by atoms with E-state index < -0.39 is 0 Å². The fourth-order valence-electron chi connectivity index (χ4n) is 3.88. The summed E-state index contributed by atoms with van der Waals surface area (Å²) in [5.74, 6) is 1.65. The van der Waals surface area contributed by atoms with Crippen molar-refractivity contribution in [1.29, 1.82) is 0 Å². The lowest BCUT2D eigenvalue weighted by molar-refractivity contribution is 0.0993. The summed E-state index contributed by atoms with van der Waals surface area (Å²) in [7, 11) is 1.68. The maximum Gasteiger partial charge on any atom is 0.167 e. The first-order chi connectivity index (χ1) is 14.6. The molecule has 1 aliphatic rings. The lowest BCUT2D eigenvalue weighted by Gasteiger charge is -2.25. The van der Waals surface area contributed by atoms with E-state index in [0.717, 1.165) is 58.6 Å². The molecule has 0 aliphatic heterocycles. The monoisotopic (exact) mass is 437 g/mol. The molecule has 1 fully saturated rings. The number of halogens is 1. The molecule has 5 heteroatoms. The molecular formula is C26H28ClNO3. The first kappa shape index (κ1) is 22.8. The van der Waals surface area contributed by atoms with Crippen LogP contribution in [0.1, 0.15) is 46.0 Å². The largest absolute Gasteiger partial charge is 0.497 e. The number of anilines is 1. The minimum absolute atomic E-state index is 0. The fourth-order valence-corrected chi connectivity index (χ4v) is 3.88. The summed E-state index contributed by atoms with van der Waals surface area (Å²) in [4.78, 5) is 26.4. The van der Waals surface area contributed by atoms with E-state index in [1.807, 2.05) is 36.4 Å². The molecule has 0 N–H and O–H groups in total. The zero-order valence-corrected chi connectivity index (χ0v) is 18.8. The Morgan fingerprint density at radius 3 is 2.45 bits per heavy atom. The van der Waals surface area contributed by atoms with Gasteiger partial charge in [-0.05, 0) is 60.9 Å². The lowest BCUT2D eigenvalue weighted by atomic mass is 9.97. The van der Waals surface area contributed by atoms with Crippen LogP contribution in [0, 0.1) is 5.92 Å². The molecule has 1 aliphatic carbocycles.